The molecule has 0 bridgehead atoms. The molecule has 0 saturated heterocycles. The SMILES string of the molecule is CCCN(CCC)C(=S)NC(=O)c1ccc(C)c(I)c1. The Kier molecular flexibility index (Phi) is 7.43. The minimum Gasteiger partial charge on any atom is -0.349 e. The summed E-state index contributed by atoms with van der Waals surface area (Å²) in [5.41, 5.74) is 1.82. The summed E-state index contributed by atoms with van der Waals surface area (Å²) < 4.78 is 1.08. The number of hydrogen-bond acceptors (Lipinski definition) is 2. The van der Waals surface area contributed by atoms with Crippen LogP contribution < -0.4 is 5.32 Å². The zero-order chi connectivity index (χ0) is 15.1. The Labute approximate surface area is 140 Å². The van der Waals surface area contributed by atoms with Gasteiger partial charge in [0.15, 0.2) is 5.11 Å². The normalized spacial score (nSPS) is 10.2. The Morgan fingerprint density at radius 2 is 1.90 bits per heavy atom. The van der Waals surface area contributed by atoms with Crippen molar-refractivity contribution >= 4 is 45.8 Å². The highest BCUT2D eigenvalue weighted by Gasteiger charge is 2.13. The molecule has 5 heteroatoms. The molecule has 0 aliphatic heterocycles. The fourth-order valence-corrected chi connectivity index (χ4v) is 2.63. The van der Waals surface area contributed by atoms with Crippen molar-refractivity contribution in [1.82, 2.24) is 10.2 Å². The first kappa shape index (κ1) is 17.4. The molecular weight excluding hydrogens is 383 g/mol. The number of nitrogens with zero attached hydrogens (tertiary/aromatic N) is 1. The quantitative estimate of drug-likeness (QED) is 0.600. The predicted molar refractivity (Wildman–Crippen MR) is 96.1 cm³/mol. The molecule has 1 N–H and O–H groups in total. The topological polar surface area (TPSA) is 32.3 Å². The molecule has 0 heterocycles. The summed E-state index contributed by atoms with van der Waals surface area (Å²) in [6, 6.07) is 5.67. The van der Waals surface area contributed by atoms with Crippen LogP contribution in [0.1, 0.15) is 42.6 Å². The highest BCUT2D eigenvalue weighted by Crippen LogP contribution is 2.13. The summed E-state index contributed by atoms with van der Waals surface area (Å²) in [6.45, 7) is 7.99. The van der Waals surface area contributed by atoms with Gasteiger partial charge in [0.2, 0.25) is 0 Å². The average Bonchev–Trinajstić information content (AvgIpc) is 2.41. The second kappa shape index (κ2) is 8.56. The number of benzene rings is 1. The summed E-state index contributed by atoms with van der Waals surface area (Å²) in [4.78, 5) is 14.3. The molecule has 20 heavy (non-hydrogen) atoms. The van der Waals surface area contributed by atoms with E-state index < -0.39 is 0 Å². The second-order valence-corrected chi connectivity index (χ2v) is 6.26. The van der Waals surface area contributed by atoms with Crippen molar-refractivity contribution in [3.63, 3.8) is 0 Å². The molecular formula is C15H21IN2OS. The molecule has 0 radical (unpaired) electrons. The lowest BCUT2D eigenvalue weighted by Gasteiger charge is -2.24. The van der Waals surface area contributed by atoms with Gasteiger partial charge in [0.25, 0.3) is 5.91 Å². The molecule has 110 valence electrons. The molecule has 1 amide bonds. The highest BCUT2D eigenvalue weighted by atomic mass is 127. The third-order valence-electron chi connectivity index (χ3n) is 2.93. The van der Waals surface area contributed by atoms with Gasteiger partial charge in [-0.25, -0.2) is 0 Å². The average molecular weight is 404 g/mol. The van der Waals surface area contributed by atoms with Crippen molar-refractivity contribution in [2.24, 2.45) is 0 Å². The Bertz CT molecular complexity index is 485. The first-order valence-corrected chi connectivity index (χ1v) is 8.34. The lowest BCUT2D eigenvalue weighted by molar-refractivity contribution is 0.0973. The molecule has 0 aromatic heterocycles. The summed E-state index contributed by atoms with van der Waals surface area (Å²) in [6.07, 6.45) is 2.02. The van der Waals surface area contributed by atoms with E-state index in [1.165, 1.54) is 5.56 Å². The fourth-order valence-electron chi connectivity index (χ4n) is 1.84. The van der Waals surface area contributed by atoms with Crippen LogP contribution in [0.15, 0.2) is 18.2 Å². The van der Waals surface area contributed by atoms with Crippen LogP contribution in [0.4, 0.5) is 0 Å². The maximum Gasteiger partial charge on any atom is 0.257 e. The van der Waals surface area contributed by atoms with Crippen molar-refractivity contribution in [2.75, 3.05) is 13.1 Å². The van der Waals surface area contributed by atoms with Crippen LogP contribution in [0, 0.1) is 10.5 Å². The van der Waals surface area contributed by atoms with Gasteiger partial charge in [-0.2, -0.15) is 0 Å². The van der Waals surface area contributed by atoms with E-state index in [0.717, 1.165) is 29.5 Å². The van der Waals surface area contributed by atoms with Gasteiger partial charge in [0.1, 0.15) is 0 Å². The van der Waals surface area contributed by atoms with Gasteiger partial charge in [-0.3, -0.25) is 10.1 Å². The van der Waals surface area contributed by atoms with Gasteiger partial charge in [-0.05, 0) is 72.3 Å². The zero-order valence-electron chi connectivity index (χ0n) is 12.2. The van der Waals surface area contributed by atoms with Crippen LogP contribution in [0.3, 0.4) is 0 Å². The molecule has 0 spiro atoms. The maximum atomic E-state index is 12.2. The van der Waals surface area contributed by atoms with Crippen molar-refractivity contribution in [3.8, 4) is 0 Å². The van der Waals surface area contributed by atoms with Crippen LogP contribution in [0.5, 0.6) is 0 Å². The number of carbonyl (C=O) groups is 1. The number of amides is 1. The fraction of sp³-hybridized carbons (Fsp3) is 0.467. The van der Waals surface area contributed by atoms with E-state index in [0.29, 0.717) is 10.7 Å². The maximum absolute atomic E-state index is 12.2. The monoisotopic (exact) mass is 404 g/mol. The van der Waals surface area contributed by atoms with Gasteiger partial charge in [0.05, 0.1) is 0 Å². The molecule has 1 rings (SSSR count). The van der Waals surface area contributed by atoms with Crippen LogP contribution >= 0.6 is 34.8 Å². The zero-order valence-corrected chi connectivity index (χ0v) is 15.2. The molecule has 0 aliphatic rings. The Morgan fingerprint density at radius 1 is 1.30 bits per heavy atom. The van der Waals surface area contributed by atoms with Gasteiger partial charge >= 0.3 is 0 Å². The molecule has 3 nitrogen and oxygen atoms in total. The van der Waals surface area contributed by atoms with Crippen molar-refractivity contribution < 1.29 is 4.79 Å². The Hall–Kier alpha value is -0.690. The van der Waals surface area contributed by atoms with E-state index in [9.17, 15) is 4.79 Å². The smallest absolute Gasteiger partial charge is 0.257 e. The lowest BCUT2D eigenvalue weighted by atomic mass is 10.1. The predicted octanol–water partition coefficient (Wildman–Crippen LogP) is 3.74. The largest absolute Gasteiger partial charge is 0.349 e. The van der Waals surface area contributed by atoms with Gasteiger partial charge in [0, 0.05) is 22.2 Å². The number of aryl methyl sites for hydroxylation is 1. The molecule has 1 aromatic carbocycles. The Balaban J connectivity index is 2.73. The molecule has 0 fully saturated rings. The van der Waals surface area contributed by atoms with E-state index >= 15 is 0 Å². The summed E-state index contributed by atoms with van der Waals surface area (Å²) in [5.74, 6) is -0.134. The van der Waals surface area contributed by atoms with Crippen LogP contribution in [-0.2, 0) is 0 Å². The minimum absolute atomic E-state index is 0.134. The first-order valence-electron chi connectivity index (χ1n) is 6.86. The van der Waals surface area contributed by atoms with E-state index in [1.54, 1.807) is 0 Å². The third-order valence-corrected chi connectivity index (χ3v) is 4.45. The van der Waals surface area contributed by atoms with Gasteiger partial charge < -0.3 is 4.90 Å². The van der Waals surface area contributed by atoms with Crippen molar-refractivity contribution in [3.05, 3.63) is 32.9 Å². The lowest BCUT2D eigenvalue weighted by Crippen LogP contribution is -2.43. The minimum atomic E-state index is -0.134. The highest BCUT2D eigenvalue weighted by molar-refractivity contribution is 14.1. The molecule has 0 atom stereocenters. The van der Waals surface area contributed by atoms with Gasteiger partial charge in [-0.15, -0.1) is 0 Å². The van der Waals surface area contributed by atoms with Crippen molar-refractivity contribution in [2.45, 2.75) is 33.6 Å². The van der Waals surface area contributed by atoms with E-state index in [-0.39, 0.29) is 5.91 Å². The molecule has 0 unspecified atom stereocenters. The summed E-state index contributed by atoms with van der Waals surface area (Å²) in [7, 11) is 0. The number of thiocarbonyl (C=S) groups is 1. The summed E-state index contributed by atoms with van der Waals surface area (Å²) >= 11 is 7.57. The molecule has 0 aliphatic carbocycles. The summed E-state index contributed by atoms with van der Waals surface area (Å²) in [5, 5.41) is 3.35. The molecule has 1 aromatic rings. The third kappa shape index (κ3) is 5.01. The second-order valence-electron chi connectivity index (χ2n) is 4.71. The van der Waals surface area contributed by atoms with E-state index in [1.807, 2.05) is 30.0 Å². The number of nitrogens with one attached hydrogen (secondary N) is 1. The standard InChI is InChI=1S/C15H21IN2OS/c1-4-8-18(9-5-2)15(20)17-14(19)12-7-6-11(3)13(16)10-12/h6-7,10H,4-5,8-9H2,1-3H3,(H,17,19,20). The van der Waals surface area contributed by atoms with Gasteiger partial charge in [-0.1, -0.05) is 19.9 Å². The number of halogens is 1. The Morgan fingerprint density at radius 3 is 2.40 bits per heavy atom. The number of carbonyl (C=O) groups excluding carboxylic acids is 1. The molecule has 0 saturated carbocycles. The number of hydrogen-bond donors (Lipinski definition) is 1. The van der Waals surface area contributed by atoms with Crippen molar-refractivity contribution in [1.29, 1.82) is 0 Å². The van der Waals surface area contributed by atoms with E-state index in [4.69, 9.17) is 12.2 Å². The first-order chi connectivity index (χ1) is 9.49. The van der Waals surface area contributed by atoms with E-state index in [2.05, 4.69) is 41.8 Å². The van der Waals surface area contributed by atoms with Crippen LogP contribution in [0.2, 0.25) is 0 Å². The number of rotatable bonds is 5. The van der Waals surface area contributed by atoms with Crippen LogP contribution in [0.25, 0.3) is 0 Å². The van der Waals surface area contributed by atoms with Crippen LogP contribution in [-0.4, -0.2) is 29.0 Å².